The number of hydrogen-bond acceptors (Lipinski definition) is 5. The first-order chi connectivity index (χ1) is 13.6. The van der Waals surface area contributed by atoms with Crippen LogP contribution in [0.2, 0.25) is 0 Å². The third-order valence-electron chi connectivity index (χ3n) is 4.12. The van der Waals surface area contributed by atoms with Gasteiger partial charge in [0.15, 0.2) is 0 Å². The molecule has 158 valence electrons. The first-order valence-corrected chi connectivity index (χ1v) is 10.5. The van der Waals surface area contributed by atoms with Crippen molar-refractivity contribution in [1.82, 2.24) is 0 Å². The quantitative estimate of drug-likeness (QED) is 0.162. The molecular formula is C21H31Cl2NO4. The zero-order valence-corrected chi connectivity index (χ0v) is 18.3. The van der Waals surface area contributed by atoms with E-state index in [1.807, 2.05) is 12.1 Å². The summed E-state index contributed by atoms with van der Waals surface area (Å²) >= 11 is 11.2. The Morgan fingerprint density at radius 3 is 2.29 bits per heavy atom. The van der Waals surface area contributed by atoms with Gasteiger partial charge in [0.25, 0.3) is 0 Å². The summed E-state index contributed by atoms with van der Waals surface area (Å²) < 4.78 is 17.5. The van der Waals surface area contributed by atoms with E-state index >= 15 is 0 Å². The van der Waals surface area contributed by atoms with Crippen molar-refractivity contribution in [2.75, 3.05) is 26.4 Å². The Bertz CT molecular complexity index is 591. The van der Waals surface area contributed by atoms with Gasteiger partial charge in [-0.2, -0.15) is 0 Å². The van der Waals surface area contributed by atoms with E-state index in [2.05, 4.69) is 19.0 Å². The summed E-state index contributed by atoms with van der Waals surface area (Å²) in [6.45, 7) is 6.54. The lowest BCUT2D eigenvalue weighted by Crippen LogP contribution is -2.05. The predicted molar refractivity (Wildman–Crippen MR) is 116 cm³/mol. The number of rotatable bonds is 15. The standard InChI is InChI=1S/C21H31Cl2NO4/c1-3-17-15-19(27-14-9-20(22)23)16-18(4-2)21(17)28-13-7-5-6-11-26-12-8-10-24-25/h9-10,15-16,25H,3-8,11-14H2,1-2H3/b24-10+. The lowest BCUT2D eigenvalue weighted by atomic mass is 10.0. The summed E-state index contributed by atoms with van der Waals surface area (Å²) in [7, 11) is 0. The summed E-state index contributed by atoms with van der Waals surface area (Å²) in [5.41, 5.74) is 2.29. The van der Waals surface area contributed by atoms with Crippen LogP contribution in [0.4, 0.5) is 0 Å². The fourth-order valence-corrected chi connectivity index (χ4v) is 2.80. The van der Waals surface area contributed by atoms with Gasteiger partial charge in [0, 0.05) is 19.2 Å². The highest BCUT2D eigenvalue weighted by Gasteiger charge is 2.11. The Morgan fingerprint density at radius 2 is 1.68 bits per heavy atom. The lowest BCUT2D eigenvalue weighted by molar-refractivity contribution is 0.135. The molecule has 0 aliphatic heterocycles. The molecule has 1 rings (SSSR count). The van der Waals surface area contributed by atoms with Crippen LogP contribution in [0.3, 0.4) is 0 Å². The van der Waals surface area contributed by atoms with Gasteiger partial charge in [0.2, 0.25) is 0 Å². The van der Waals surface area contributed by atoms with E-state index in [9.17, 15) is 0 Å². The smallest absolute Gasteiger partial charge is 0.125 e. The molecule has 0 saturated carbocycles. The molecule has 0 saturated heterocycles. The predicted octanol–water partition coefficient (Wildman–Crippen LogP) is 5.93. The van der Waals surface area contributed by atoms with Crippen LogP contribution in [0.5, 0.6) is 11.5 Å². The maximum Gasteiger partial charge on any atom is 0.125 e. The minimum atomic E-state index is 0.204. The number of aryl methyl sites for hydroxylation is 2. The Kier molecular flexibility index (Phi) is 13.6. The molecule has 0 spiro atoms. The van der Waals surface area contributed by atoms with Crippen LogP contribution >= 0.6 is 23.2 Å². The summed E-state index contributed by atoms with van der Waals surface area (Å²) in [5.74, 6) is 1.78. The average Bonchev–Trinajstić information content (AvgIpc) is 2.69. The molecule has 7 heteroatoms. The van der Waals surface area contributed by atoms with Crippen molar-refractivity contribution in [2.45, 2.75) is 52.4 Å². The summed E-state index contributed by atoms with van der Waals surface area (Å²) in [4.78, 5) is 0. The van der Waals surface area contributed by atoms with Gasteiger partial charge in [0.1, 0.15) is 22.6 Å². The molecule has 0 atom stereocenters. The lowest BCUT2D eigenvalue weighted by Gasteiger charge is -2.17. The van der Waals surface area contributed by atoms with Gasteiger partial charge < -0.3 is 19.4 Å². The van der Waals surface area contributed by atoms with Crippen molar-refractivity contribution < 1.29 is 19.4 Å². The number of unbranched alkanes of at least 4 members (excludes halogenated alkanes) is 2. The van der Waals surface area contributed by atoms with Crippen LogP contribution in [0.15, 0.2) is 27.9 Å². The Balaban J connectivity index is 2.45. The topological polar surface area (TPSA) is 60.3 Å². The second-order valence-corrected chi connectivity index (χ2v) is 7.20. The zero-order valence-electron chi connectivity index (χ0n) is 16.8. The highest BCUT2D eigenvalue weighted by molar-refractivity contribution is 6.55. The molecule has 0 aliphatic carbocycles. The molecule has 1 N–H and O–H groups in total. The molecule has 0 aliphatic rings. The number of hydrogen-bond donors (Lipinski definition) is 1. The molecule has 5 nitrogen and oxygen atoms in total. The number of benzene rings is 1. The average molecular weight is 432 g/mol. The van der Waals surface area contributed by atoms with Gasteiger partial charge >= 0.3 is 0 Å². The highest BCUT2D eigenvalue weighted by atomic mass is 35.5. The number of halogens is 2. The molecule has 0 aromatic heterocycles. The molecule has 0 unspecified atom stereocenters. The SMILES string of the molecule is CCc1cc(OCC=C(Cl)Cl)cc(CC)c1OCCCCCOCC/C=N/O. The normalized spacial score (nSPS) is 11.0. The van der Waals surface area contributed by atoms with Crippen LogP contribution < -0.4 is 9.47 Å². The fourth-order valence-electron chi connectivity index (χ4n) is 2.67. The molecule has 1 aromatic rings. The van der Waals surface area contributed by atoms with Crippen LogP contribution in [0, 0.1) is 0 Å². The van der Waals surface area contributed by atoms with E-state index in [-0.39, 0.29) is 4.49 Å². The Hall–Kier alpha value is -1.43. The Labute approximate surface area is 178 Å². The maximum atomic E-state index is 8.29. The summed E-state index contributed by atoms with van der Waals surface area (Å²) in [6.07, 6.45) is 8.44. The van der Waals surface area contributed by atoms with Crippen LogP contribution in [0.25, 0.3) is 0 Å². The fraction of sp³-hybridized carbons (Fsp3) is 0.571. The third-order valence-corrected chi connectivity index (χ3v) is 4.43. The van der Waals surface area contributed by atoms with Gasteiger partial charge in [-0.1, -0.05) is 37.0 Å². The van der Waals surface area contributed by atoms with Crippen LogP contribution in [-0.2, 0) is 17.6 Å². The van der Waals surface area contributed by atoms with Crippen molar-refractivity contribution in [1.29, 1.82) is 0 Å². The molecule has 0 radical (unpaired) electrons. The van der Waals surface area contributed by atoms with Crippen LogP contribution in [0.1, 0.15) is 50.7 Å². The third kappa shape index (κ3) is 10.2. The van der Waals surface area contributed by atoms with E-state index in [0.29, 0.717) is 32.8 Å². The van der Waals surface area contributed by atoms with Gasteiger partial charge in [-0.05, 0) is 61.4 Å². The van der Waals surface area contributed by atoms with Crippen molar-refractivity contribution >= 4 is 29.4 Å². The zero-order chi connectivity index (χ0) is 20.6. The van der Waals surface area contributed by atoms with E-state index in [0.717, 1.165) is 54.7 Å². The van der Waals surface area contributed by atoms with Crippen LogP contribution in [-0.4, -0.2) is 37.8 Å². The van der Waals surface area contributed by atoms with Crippen molar-refractivity contribution in [2.24, 2.45) is 5.16 Å². The van der Waals surface area contributed by atoms with Crippen molar-refractivity contribution in [3.05, 3.63) is 33.8 Å². The van der Waals surface area contributed by atoms with Crippen molar-refractivity contribution in [3.63, 3.8) is 0 Å². The molecule has 1 aromatic carbocycles. The second kappa shape index (κ2) is 15.5. The van der Waals surface area contributed by atoms with Gasteiger partial charge in [0.05, 0.1) is 13.2 Å². The van der Waals surface area contributed by atoms with E-state index < -0.39 is 0 Å². The molecular weight excluding hydrogens is 401 g/mol. The molecule has 28 heavy (non-hydrogen) atoms. The van der Waals surface area contributed by atoms with Gasteiger partial charge in [-0.25, -0.2) is 0 Å². The monoisotopic (exact) mass is 431 g/mol. The van der Waals surface area contributed by atoms with Crippen molar-refractivity contribution in [3.8, 4) is 11.5 Å². The maximum absolute atomic E-state index is 8.29. The number of oxime groups is 1. The first-order valence-electron chi connectivity index (χ1n) is 9.78. The largest absolute Gasteiger partial charge is 0.493 e. The van der Waals surface area contributed by atoms with E-state index in [4.69, 9.17) is 42.6 Å². The van der Waals surface area contributed by atoms with E-state index in [1.54, 1.807) is 6.08 Å². The molecule has 0 amide bonds. The number of ether oxygens (including phenoxy) is 3. The minimum absolute atomic E-state index is 0.204. The highest BCUT2D eigenvalue weighted by Crippen LogP contribution is 2.31. The number of nitrogens with zero attached hydrogens (tertiary/aromatic N) is 1. The Morgan fingerprint density at radius 1 is 1.00 bits per heavy atom. The second-order valence-electron chi connectivity index (χ2n) is 6.19. The minimum Gasteiger partial charge on any atom is -0.493 e. The molecule has 0 fully saturated rings. The van der Waals surface area contributed by atoms with Gasteiger partial charge in [-0.3, -0.25) is 0 Å². The first kappa shape index (κ1) is 24.6. The van der Waals surface area contributed by atoms with Gasteiger partial charge in [-0.15, -0.1) is 5.16 Å². The molecule has 0 heterocycles. The molecule has 0 bridgehead atoms. The summed E-state index contributed by atoms with van der Waals surface area (Å²) in [5, 5.41) is 11.2. The van der Waals surface area contributed by atoms with E-state index in [1.165, 1.54) is 6.21 Å². The summed E-state index contributed by atoms with van der Waals surface area (Å²) in [6, 6.07) is 4.04.